The van der Waals surface area contributed by atoms with Crippen LogP contribution in [0, 0.1) is 0 Å². The molecule has 0 bridgehead atoms. The summed E-state index contributed by atoms with van der Waals surface area (Å²) in [7, 11) is -4.40. The Labute approximate surface area is 74.3 Å². The molecule has 0 aromatic carbocycles. The highest BCUT2D eigenvalue weighted by molar-refractivity contribution is 7.87. The lowest BCUT2D eigenvalue weighted by Gasteiger charge is -1.98. The minimum absolute atomic E-state index is 0. The van der Waals surface area contributed by atoms with Gasteiger partial charge in [-0.15, -0.1) is 0 Å². The number of carboxylic acid groups (broad SMARTS) is 1. The molecule has 2 N–H and O–H groups in total. The molecule has 0 aliphatic heterocycles. The van der Waals surface area contributed by atoms with E-state index in [9.17, 15) is 13.2 Å². The number of carbonyl (C=O) groups is 1. The SMILES string of the molecule is CC(C(=O)O)S(=O)(=O)O.[MgH2]. The maximum absolute atomic E-state index is 9.95. The van der Waals surface area contributed by atoms with Crippen molar-refractivity contribution in [2.24, 2.45) is 0 Å². The van der Waals surface area contributed by atoms with Crippen molar-refractivity contribution in [2.45, 2.75) is 12.2 Å². The summed E-state index contributed by atoms with van der Waals surface area (Å²) in [6.07, 6.45) is 0. The van der Waals surface area contributed by atoms with E-state index in [1.54, 1.807) is 0 Å². The van der Waals surface area contributed by atoms with Crippen molar-refractivity contribution < 1.29 is 22.9 Å². The number of hydrogen-bond acceptors (Lipinski definition) is 3. The van der Waals surface area contributed by atoms with Gasteiger partial charge in [-0.05, 0) is 6.92 Å². The van der Waals surface area contributed by atoms with E-state index in [0.717, 1.165) is 6.92 Å². The fraction of sp³-hybridized carbons (Fsp3) is 0.667. The molecular weight excluding hydrogens is 172 g/mol. The number of carboxylic acids is 1. The van der Waals surface area contributed by atoms with Crippen LogP contribution in [0.5, 0.6) is 0 Å². The number of hydrogen-bond donors (Lipinski definition) is 2. The standard InChI is InChI=1S/C3H6O5S.Mg.2H/c1-2(3(4)5)9(6,7)8;;;/h2H,1H3,(H,4,5)(H,6,7,8);;;. The maximum atomic E-state index is 9.95. The summed E-state index contributed by atoms with van der Waals surface area (Å²) in [4.78, 5) is 9.81. The second-order valence-corrected chi connectivity index (χ2v) is 3.23. The monoisotopic (exact) mass is 180 g/mol. The molecule has 0 aromatic heterocycles. The first kappa shape index (κ1) is 12.8. The van der Waals surface area contributed by atoms with E-state index in [0.29, 0.717) is 0 Å². The Hall–Kier alpha value is 0.146. The molecule has 0 heterocycles. The molecule has 0 spiro atoms. The third-order valence-corrected chi connectivity index (χ3v) is 1.89. The van der Waals surface area contributed by atoms with Crippen molar-refractivity contribution in [3.63, 3.8) is 0 Å². The molecule has 0 saturated heterocycles. The molecule has 0 aliphatic rings. The van der Waals surface area contributed by atoms with Crippen molar-refractivity contribution in [1.82, 2.24) is 0 Å². The summed E-state index contributed by atoms with van der Waals surface area (Å²) in [5, 5.41) is 6.24. The molecule has 0 saturated carbocycles. The van der Waals surface area contributed by atoms with Gasteiger partial charge < -0.3 is 5.11 Å². The molecule has 58 valence electrons. The fourth-order valence-electron chi connectivity index (χ4n) is 0.127. The Morgan fingerprint density at radius 3 is 1.80 bits per heavy atom. The molecule has 1 atom stereocenters. The molecule has 0 aliphatic carbocycles. The van der Waals surface area contributed by atoms with Crippen molar-refractivity contribution in [3.05, 3.63) is 0 Å². The van der Waals surface area contributed by atoms with Gasteiger partial charge in [0.2, 0.25) is 0 Å². The highest BCUT2D eigenvalue weighted by Crippen LogP contribution is 1.95. The first-order chi connectivity index (χ1) is 3.85. The summed E-state index contributed by atoms with van der Waals surface area (Å²) in [5.41, 5.74) is 0. The first-order valence-corrected chi connectivity index (χ1v) is 3.55. The van der Waals surface area contributed by atoms with Gasteiger partial charge in [0.25, 0.3) is 10.1 Å². The van der Waals surface area contributed by atoms with E-state index in [-0.39, 0.29) is 23.1 Å². The molecule has 0 amide bonds. The summed E-state index contributed by atoms with van der Waals surface area (Å²) in [5.74, 6) is -1.56. The Morgan fingerprint density at radius 2 is 1.80 bits per heavy atom. The third-order valence-electron chi connectivity index (χ3n) is 0.795. The highest BCUT2D eigenvalue weighted by atomic mass is 32.2. The van der Waals surface area contributed by atoms with Gasteiger partial charge in [-0.25, -0.2) is 0 Å². The molecule has 1 unspecified atom stereocenters. The van der Waals surface area contributed by atoms with E-state index in [2.05, 4.69) is 0 Å². The molecule has 10 heavy (non-hydrogen) atoms. The minimum atomic E-state index is -4.40. The van der Waals surface area contributed by atoms with Crippen molar-refractivity contribution in [1.29, 1.82) is 0 Å². The van der Waals surface area contributed by atoms with Crippen LogP contribution in [0.1, 0.15) is 6.92 Å². The van der Waals surface area contributed by atoms with Crippen LogP contribution in [0.15, 0.2) is 0 Å². The van der Waals surface area contributed by atoms with E-state index in [4.69, 9.17) is 9.66 Å². The second-order valence-electron chi connectivity index (χ2n) is 1.50. The number of rotatable bonds is 2. The zero-order valence-corrected chi connectivity index (χ0v) is 5.42. The predicted molar refractivity (Wildman–Crippen MR) is 37.2 cm³/mol. The molecule has 0 fully saturated rings. The molecule has 5 nitrogen and oxygen atoms in total. The smallest absolute Gasteiger partial charge is 0.324 e. The van der Waals surface area contributed by atoms with E-state index in [1.807, 2.05) is 0 Å². The van der Waals surface area contributed by atoms with Crippen LogP contribution in [0.25, 0.3) is 0 Å². The van der Waals surface area contributed by atoms with Crippen LogP contribution in [0.3, 0.4) is 0 Å². The van der Waals surface area contributed by atoms with Crippen molar-refractivity contribution in [2.75, 3.05) is 0 Å². The van der Waals surface area contributed by atoms with E-state index < -0.39 is 21.3 Å². The molecular formula is C3H8MgO5S. The quantitative estimate of drug-likeness (QED) is 0.396. The lowest BCUT2D eigenvalue weighted by atomic mass is 10.5. The van der Waals surface area contributed by atoms with Crippen LogP contribution in [-0.4, -0.2) is 52.3 Å². The topological polar surface area (TPSA) is 91.7 Å². The van der Waals surface area contributed by atoms with E-state index >= 15 is 0 Å². The second kappa shape index (κ2) is 4.11. The summed E-state index contributed by atoms with van der Waals surface area (Å²) in [6.45, 7) is 0.887. The summed E-state index contributed by atoms with van der Waals surface area (Å²) >= 11 is 0. The molecule has 7 heteroatoms. The van der Waals surface area contributed by atoms with Gasteiger partial charge in [0.1, 0.15) is 0 Å². The Kier molecular flexibility index (Phi) is 5.26. The zero-order chi connectivity index (χ0) is 7.65. The Morgan fingerprint density at radius 1 is 1.50 bits per heavy atom. The van der Waals surface area contributed by atoms with Crippen molar-refractivity contribution >= 4 is 39.1 Å². The maximum Gasteiger partial charge on any atom is 0.324 e. The summed E-state index contributed by atoms with van der Waals surface area (Å²) in [6, 6.07) is 0. The van der Waals surface area contributed by atoms with Crippen LogP contribution in [-0.2, 0) is 14.9 Å². The Bertz CT molecular complexity index is 207. The molecule has 0 rings (SSSR count). The Balaban J connectivity index is 0. The third kappa shape index (κ3) is 4.04. The lowest BCUT2D eigenvalue weighted by molar-refractivity contribution is -0.136. The minimum Gasteiger partial charge on any atom is -0.480 e. The van der Waals surface area contributed by atoms with Crippen LogP contribution in [0.2, 0.25) is 0 Å². The molecule has 0 aromatic rings. The van der Waals surface area contributed by atoms with Gasteiger partial charge in [-0.2, -0.15) is 8.42 Å². The average molecular weight is 180 g/mol. The lowest BCUT2D eigenvalue weighted by Crippen LogP contribution is -2.25. The average Bonchev–Trinajstić information content (AvgIpc) is 1.62. The van der Waals surface area contributed by atoms with Gasteiger partial charge in [-0.1, -0.05) is 0 Å². The van der Waals surface area contributed by atoms with Crippen LogP contribution >= 0.6 is 0 Å². The summed E-state index contributed by atoms with van der Waals surface area (Å²) < 4.78 is 27.9. The van der Waals surface area contributed by atoms with Gasteiger partial charge in [0.05, 0.1) is 0 Å². The largest absolute Gasteiger partial charge is 0.480 e. The van der Waals surface area contributed by atoms with Crippen molar-refractivity contribution in [3.8, 4) is 0 Å². The first-order valence-electron chi connectivity index (χ1n) is 2.05. The van der Waals surface area contributed by atoms with Crippen LogP contribution < -0.4 is 0 Å². The van der Waals surface area contributed by atoms with Gasteiger partial charge in [0, 0.05) is 0 Å². The number of aliphatic carboxylic acids is 1. The predicted octanol–water partition coefficient (Wildman–Crippen LogP) is -1.57. The highest BCUT2D eigenvalue weighted by Gasteiger charge is 2.24. The van der Waals surface area contributed by atoms with Crippen LogP contribution in [0.4, 0.5) is 0 Å². The normalized spacial score (nSPS) is 13.4. The zero-order valence-electron chi connectivity index (χ0n) is 4.60. The van der Waals surface area contributed by atoms with Gasteiger partial charge in [0.15, 0.2) is 5.25 Å². The molecule has 0 radical (unpaired) electrons. The van der Waals surface area contributed by atoms with Gasteiger partial charge >= 0.3 is 29.0 Å². The van der Waals surface area contributed by atoms with Gasteiger partial charge in [-0.3, -0.25) is 9.35 Å². The fourth-order valence-corrected chi connectivity index (χ4v) is 0.382. The van der Waals surface area contributed by atoms with E-state index in [1.165, 1.54) is 0 Å².